The zero-order chi connectivity index (χ0) is 15.5. The van der Waals surface area contributed by atoms with Crippen molar-refractivity contribution in [3.63, 3.8) is 0 Å². The highest BCUT2D eigenvalue weighted by Crippen LogP contribution is 2.40. The zero-order valence-corrected chi connectivity index (χ0v) is 14.1. The molecule has 1 atom stereocenters. The standard InChI is InChI=1S/C15H19N3O4.ClH/c1-19-11-6-10(7-12(20-2)13(11)21-3)14-17-15(22-18-14)9-4-5-16-8-9;/h6-7,9,16H,4-5,8H2,1-3H3;1H/t9-;/m1./s1. The van der Waals surface area contributed by atoms with Crippen molar-refractivity contribution >= 4 is 12.4 Å². The number of nitrogens with zero attached hydrogens (tertiary/aromatic N) is 2. The van der Waals surface area contributed by atoms with Crippen molar-refractivity contribution in [1.82, 2.24) is 15.5 Å². The average molecular weight is 342 g/mol. The first-order valence-electron chi connectivity index (χ1n) is 7.11. The summed E-state index contributed by atoms with van der Waals surface area (Å²) in [7, 11) is 4.72. The van der Waals surface area contributed by atoms with Crippen molar-refractivity contribution in [2.75, 3.05) is 34.4 Å². The first kappa shape index (κ1) is 17.4. The van der Waals surface area contributed by atoms with E-state index in [9.17, 15) is 0 Å². The van der Waals surface area contributed by atoms with Gasteiger partial charge in [0.15, 0.2) is 11.5 Å². The van der Waals surface area contributed by atoms with Gasteiger partial charge in [-0.3, -0.25) is 0 Å². The Bertz CT molecular complexity index is 631. The average Bonchev–Trinajstić information content (AvgIpc) is 3.23. The second-order valence-corrected chi connectivity index (χ2v) is 5.06. The fraction of sp³-hybridized carbons (Fsp3) is 0.467. The van der Waals surface area contributed by atoms with E-state index in [1.165, 1.54) is 0 Å². The van der Waals surface area contributed by atoms with E-state index in [1.807, 2.05) is 12.1 Å². The Balaban J connectivity index is 0.00000192. The third kappa shape index (κ3) is 3.35. The highest BCUT2D eigenvalue weighted by atomic mass is 35.5. The summed E-state index contributed by atoms with van der Waals surface area (Å²) in [6.45, 7) is 1.85. The minimum absolute atomic E-state index is 0. The fourth-order valence-electron chi connectivity index (χ4n) is 2.59. The number of hydrogen-bond donors (Lipinski definition) is 1. The predicted molar refractivity (Wildman–Crippen MR) is 86.9 cm³/mol. The molecule has 7 nitrogen and oxygen atoms in total. The summed E-state index contributed by atoms with van der Waals surface area (Å²) in [6, 6.07) is 3.62. The number of halogens is 1. The molecule has 126 valence electrons. The lowest BCUT2D eigenvalue weighted by Gasteiger charge is -2.12. The monoisotopic (exact) mass is 341 g/mol. The van der Waals surface area contributed by atoms with Gasteiger partial charge in [-0.1, -0.05) is 5.16 Å². The maximum atomic E-state index is 5.39. The fourth-order valence-corrected chi connectivity index (χ4v) is 2.59. The predicted octanol–water partition coefficient (Wildman–Crippen LogP) is 2.26. The van der Waals surface area contributed by atoms with Crippen molar-refractivity contribution < 1.29 is 18.7 Å². The van der Waals surface area contributed by atoms with Gasteiger partial charge < -0.3 is 24.1 Å². The van der Waals surface area contributed by atoms with Gasteiger partial charge in [-0.15, -0.1) is 12.4 Å². The minimum Gasteiger partial charge on any atom is -0.493 e. The molecule has 1 aromatic heterocycles. The molecule has 3 rings (SSSR count). The number of hydrogen-bond acceptors (Lipinski definition) is 7. The van der Waals surface area contributed by atoms with Crippen molar-refractivity contribution in [3.8, 4) is 28.6 Å². The summed E-state index contributed by atoms with van der Waals surface area (Å²) < 4.78 is 21.4. The molecule has 0 amide bonds. The lowest BCUT2D eigenvalue weighted by molar-refractivity contribution is 0.324. The Labute approximate surface area is 140 Å². The molecule has 0 radical (unpaired) electrons. The summed E-state index contributed by atoms with van der Waals surface area (Å²) in [5.74, 6) is 3.12. The molecule has 0 spiro atoms. The zero-order valence-electron chi connectivity index (χ0n) is 13.3. The third-order valence-electron chi connectivity index (χ3n) is 3.77. The molecular weight excluding hydrogens is 322 g/mol. The molecule has 0 unspecified atom stereocenters. The van der Waals surface area contributed by atoms with Crippen LogP contribution in [0.4, 0.5) is 0 Å². The van der Waals surface area contributed by atoms with E-state index in [2.05, 4.69) is 15.5 Å². The molecule has 1 aromatic carbocycles. The van der Waals surface area contributed by atoms with Crippen molar-refractivity contribution in [1.29, 1.82) is 0 Å². The number of ether oxygens (including phenoxy) is 3. The van der Waals surface area contributed by atoms with E-state index in [4.69, 9.17) is 18.7 Å². The van der Waals surface area contributed by atoms with Gasteiger partial charge in [0.2, 0.25) is 17.5 Å². The van der Waals surface area contributed by atoms with Crippen LogP contribution in [0.25, 0.3) is 11.4 Å². The molecule has 2 heterocycles. The number of rotatable bonds is 5. The molecule has 1 aliphatic heterocycles. The summed E-state index contributed by atoms with van der Waals surface area (Å²) >= 11 is 0. The first-order chi connectivity index (χ1) is 10.8. The second kappa shape index (κ2) is 7.52. The number of methoxy groups -OCH3 is 3. The van der Waals surface area contributed by atoms with Gasteiger partial charge in [-0.25, -0.2) is 0 Å². The van der Waals surface area contributed by atoms with Gasteiger partial charge in [-0.05, 0) is 25.1 Å². The maximum Gasteiger partial charge on any atom is 0.231 e. The van der Waals surface area contributed by atoms with Crippen molar-refractivity contribution in [2.45, 2.75) is 12.3 Å². The molecule has 1 fully saturated rings. The molecule has 0 aliphatic carbocycles. The van der Waals surface area contributed by atoms with Gasteiger partial charge in [0, 0.05) is 12.1 Å². The van der Waals surface area contributed by atoms with Crippen LogP contribution in [0.15, 0.2) is 16.7 Å². The van der Waals surface area contributed by atoms with Crippen molar-refractivity contribution in [2.24, 2.45) is 0 Å². The minimum atomic E-state index is 0. The number of benzene rings is 1. The van der Waals surface area contributed by atoms with Crippen LogP contribution in [0.1, 0.15) is 18.2 Å². The Morgan fingerprint density at radius 3 is 2.35 bits per heavy atom. The maximum absolute atomic E-state index is 5.39. The molecule has 23 heavy (non-hydrogen) atoms. The van der Waals surface area contributed by atoms with Gasteiger partial charge in [-0.2, -0.15) is 4.98 Å². The van der Waals surface area contributed by atoms with E-state index in [0.29, 0.717) is 29.0 Å². The SMILES string of the molecule is COc1cc(-c2noc([C@@H]3CCNC3)n2)cc(OC)c1OC.Cl. The third-order valence-corrected chi connectivity index (χ3v) is 3.77. The summed E-state index contributed by atoms with van der Waals surface area (Å²) in [5.41, 5.74) is 0.760. The molecule has 2 aromatic rings. The Kier molecular flexibility index (Phi) is 5.68. The highest BCUT2D eigenvalue weighted by Gasteiger charge is 2.24. The van der Waals surface area contributed by atoms with Crippen LogP contribution in [0.2, 0.25) is 0 Å². The largest absolute Gasteiger partial charge is 0.493 e. The first-order valence-corrected chi connectivity index (χ1v) is 7.11. The van der Waals surface area contributed by atoms with Crippen LogP contribution in [0, 0.1) is 0 Å². The van der Waals surface area contributed by atoms with Crippen LogP contribution in [0.5, 0.6) is 17.2 Å². The van der Waals surface area contributed by atoms with E-state index in [0.717, 1.165) is 25.1 Å². The van der Waals surface area contributed by atoms with Crippen molar-refractivity contribution in [3.05, 3.63) is 18.0 Å². The van der Waals surface area contributed by atoms with Gasteiger partial charge in [0.05, 0.1) is 27.2 Å². The summed E-state index contributed by atoms with van der Waals surface area (Å²) in [4.78, 5) is 4.50. The molecule has 1 N–H and O–H groups in total. The Morgan fingerprint density at radius 2 is 1.83 bits per heavy atom. The molecule has 0 bridgehead atoms. The van der Waals surface area contributed by atoms with E-state index < -0.39 is 0 Å². The lowest BCUT2D eigenvalue weighted by atomic mass is 10.1. The highest BCUT2D eigenvalue weighted by molar-refractivity contribution is 5.85. The summed E-state index contributed by atoms with van der Waals surface area (Å²) in [5, 5.41) is 7.36. The van der Waals surface area contributed by atoms with Crippen LogP contribution in [-0.2, 0) is 0 Å². The van der Waals surface area contributed by atoms with E-state index in [-0.39, 0.29) is 18.3 Å². The Hall–Kier alpha value is -1.99. The van der Waals surface area contributed by atoms with Crippen LogP contribution in [-0.4, -0.2) is 44.6 Å². The molecular formula is C15H20ClN3O4. The van der Waals surface area contributed by atoms with Gasteiger partial charge in [0.1, 0.15) is 0 Å². The quantitative estimate of drug-likeness (QED) is 0.893. The van der Waals surface area contributed by atoms with E-state index >= 15 is 0 Å². The topological polar surface area (TPSA) is 78.6 Å². The van der Waals surface area contributed by atoms with E-state index in [1.54, 1.807) is 21.3 Å². The van der Waals surface area contributed by atoms with Crippen LogP contribution in [0.3, 0.4) is 0 Å². The Morgan fingerprint density at radius 1 is 1.13 bits per heavy atom. The lowest BCUT2D eigenvalue weighted by Crippen LogP contribution is -2.08. The second-order valence-electron chi connectivity index (χ2n) is 5.06. The van der Waals surface area contributed by atoms with Crippen LogP contribution < -0.4 is 19.5 Å². The molecule has 0 saturated carbocycles. The molecule has 1 aliphatic rings. The number of nitrogens with one attached hydrogen (secondary N) is 1. The van der Waals surface area contributed by atoms with Gasteiger partial charge >= 0.3 is 0 Å². The van der Waals surface area contributed by atoms with Gasteiger partial charge in [0.25, 0.3) is 0 Å². The smallest absolute Gasteiger partial charge is 0.231 e. The number of aromatic nitrogens is 2. The molecule has 8 heteroatoms. The summed E-state index contributed by atoms with van der Waals surface area (Å²) in [6.07, 6.45) is 1.01. The van der Waals surface area contributed by atoms with Crippen LogP contribution >= 0.6 is 12.4 Å². The molecule has 1 saturated heterocycles. The normalized spacial score (nSPS) is 16.7.